The Balaban J connectivity index is 2.35. The molecule has 0 spiro atoms. The first-order chi connectivity index (χ1) is 8.74. The van der Waals surface area contributed by atoms with Gasteiger partial charge in [-0.25, -0.2) is 0 Å². The van der Waals surface area contributed by atoms with Crippen molar-refractivity contribution in [2.75, 3.05) is 12.9 Å². The van der Waals surface area contributed by atoms with Crippen LogP contribution in [0.5, 0.6) is 11.5 Å². The number of benzene rings is 1. The van der Waals surface area contributed by atoms with Crippen molar-refractivity contribution < 1.29 is 22.1 Å². The van der Waals surface area contributed by atoms with E-state index < -0.39 is 10.1 Å². The van der Waals surface area contributed by atoms with Crippen molar-refractivity contribution in [1.82, 2.24) is 0 Å². The van der Waals surface area contributed by atoms with Crippen molar-refractivity contribution in [2.24, 2.45) is 0 Å². The molecule has 1 aliphatic rings. The largest absolute Gasteiger partial charge is 0.464 e. The first-order valence-corrected chi connectivity index (χ1v) is 7.88. The van der Waals surface area contributed by atoms with Gasteiger partial charge in [0.05, 0.1) is 11.7 Å². The molecule has 1 heterocycles. The molecule has 106 valence electrons. The van der Waals surface area contributed by atoms with Gasteiger partial charge in [0.15, 0.2) is 0 Å². The van der Waals surface area contributed by atoms with E-state index in [2.05, 4.69) is 0 Å². The van der Waals surface area contributed by atoms with Gasteiger partial charge >= 0.3 is 10.1 Å². The van der Waals surface area contributed by atoms with Crippen molar-refractivity contribution in [1.29, 1.82) is 0 Å². The maximum atomic E-state index is 11.2. The quantitative estimate of drug-likeness (QED) is 0.793. The van der Waals surface area contributed by atoms with Crippen LogP contribution in [-0.4, -0.2) is 27.6 Å². The molecule has 1 aliphatic heterocycles. The summed E-state index contributed by atoms with van der Waals surface area (Å²) in [6.07, 6.45) is 0.645. The van der Waals surface area contributed by atoms with Gasteiger partial charge in [-0.15, -0.1) is 0 Å². The van der Waals surface area contributed by atoms with E-state index in [0.717, 1.165) is 11.8 Å². The molecule has 0 radical (unpaired) electrons. The lowest BCUT2D eigenvalue weighted by Crippen LogP contribution is -2.34. The van der Waals surface area contributed by atoms with E-state index in [1.165, 1.54) is 0 Å². The lowest BCUT2D eigenvalue weighted by molar-refractivity contribution is -0.0981. The second kappa shape index (κ2) is 4.68. The molecule has 1 aromatic carbocycles. The first kappa shape index (κ1) is 14.1. The maximum Gasteiger partial charge on any atom is 0.306 e. The predicted molar refractivity (Wildman–Crippen MR) is 71.0 cm³/mol. The number of rotatable bonds is 4. The number of ether oxygens (including phenoxy) is 2. The van der Waals surface area contributed by atoms with Gasteiger partial charge in [0.2, 0.25) is 6.29 Å². The van der Waals surface area contributed by atoms with Gasteiger partial charge in [0.1, 0.15) is 11.5 Å². The summed E-state index contributed by atoms with van der Waals surface area (Å²) >= 11 is 0. The zero-order valence-electron chi connectivity index (χ0n) is 11.5. The molecular formula is C13H18O5S. The smallest absolute Gasteiger partial charge is 0.306 e. The minimum atomic E-state index is -3.53. The van der Waals surface area contributed by atoms with Gasteiger partial charge in [-0.3, -0.25) is 0 Å². The fraction of sp³-hybridized carbons (Fsp3) is 0.538. The molecule has 0 N–H and O–H groups in total. The Morgan fingerprint density at radius 2 is 2.05 bits per heavy atom. The van der Waals surface area contributed by atoms with Crippen LogP contribution in [0.4, 0.5) is 0 Å². The van der Waals surface area contributed by atoms with Gasteiger partial charge in [-0.05, 0) is 39.0 Å². The molecule has 5 nitrogen and oxygen atoms in total. The third kappa shape index (κ3) is 2.84. The third-order valence-electron chi connectivity index (χ3n) is 3.03. The summed E-state index contributed by atoms with van der Waals surface area (Å²) in [6.45, 7) is 6.43. The molecule has 0 fully saturated rings. The SMILES string of the molecule is CCO[C@H]1Oc2ccc(OS(C)(=O)=O)cc2C1(C)C. The monoisotopic (exact) mass is 286 g/mol. The standard InChI is InChI=1S/C13H18O5S/c1-5-16-12-13(2,3)10-8-9(18-19(4,14)15)6-7-11(10)17-12/h6-8,12H,5H2,1-4H3/t12-/m0/s1. The second-order valence-corrected chi connectivity index (χ2v) is 6.65. The van der Waals surface area contributed by atoms with E-state index in [9.17, 15) is 8.42 Å². The molecule has 0 aliphatic carbocycles. The highest BCUT2D eigenvalue weighted by Crippen LogP contribution is 2.44. The normalized spacial score (nSPS) is 20.7. The van der Waals surface area contributed by atoms with Crippen LogP contribution < -0.4 is 8.92 Å². The van der Waals surface area contributed by atoms with Crippen molar-refractivity contribution in [3.8, 4) is 11.5 Å². The lowest BCUT2D eigenvalue weighted by atomic mass is 9.85. The third-order valence-corrected chi connectivity index (χ3v) is 3.53. The predicted octanol–water partition coefficient (Wildman–Crippen LogP) is 2.06. The molecule has 0 aromatic heterocycles. The molecule has 0 amide bonds. The van der Waals surface area contributed by atoms with Crippen LogP contribution in [0, 0.1) is 0 Å². The number of fused-ring (bicyclic) bond motifs is 1. The number of hydrogen-bond acceptors (Lipinski definition) is 5. The van der Waals surface area contributed by atoms with Gasteiger partial charge < -0.3 is 13.7 Å². The van der Waals surface area contributed by atoms with Crippen molar-refractivity contribution in [3.05, 3.63) is 23.8 Å². The Bertz CT molecular complexity index is 577. The van der Waals surface area contributed by atoms with Crippen LogP contribution in [0.15, 0.2) is 18.2 Å². The topological polar surface area (TPSA) is 61.8 Å². The Hall–Kier alpha value is -1.27. The maximum absolute atomic E-state index is 11.2. The summed E-state index contributed by atoms with van der Waals surface area (Å²) in [4.78, 5) is 0. The highest BCUT2D eigenvalue weighted by molar-refractivity contribution is 7.86. The van der Waals surface area contributed by atoms with E-state index in [-0.39, 0.29) is 17.5 Å². The van der Waals surface area contributed by atoms with Crippen LogP contribution in [0.2, 0.25) is 0 Å². The Labute approximate surface area is 113 Å². The molecule has 2 rings (SSSR count). The minimum absolute atomic E-state index is 0.287. The van der Waals surface area contributed by atoms with Crippen molar-refractivity contribution in [3.63, 3.8) is 0 Å². The minimum Gasteiger partial charge on any atom is -0.464 e. The summed E-state index contributed by atoms with van der Waals surface area (Å²) in [7, 11) is -3.53. The highest BCUT2D eigenvalue weighted by atomic mass is 32.2. The molecule has 0 saturated heterocycles. The molecule has 0 saturated carbocycles. The van der Waals surface area contributed by atoms with Gasteiger partial charge in [0, 0.05) is 12.2 Å². The molecule has 1 aromatic rings. The fourth-order valence-electron chi connectivity index (χ4n) is 2.13. The molecule has 0 unspecified atom stereocenters. The zero-order chi connectivity index (χ0) is 14.3. The number of hydrogen-bond donors (Lipinski definition) is 0. The van der Waals surface area contributed by atoms with Crippen LogP contribution >= 0.6 is 0 Å². The van der Waals surface area contributed by atoms with Gasteiger partial charge in [0.25, 0.3) is 0 Å². The Morgan fingerprint density at radius 1 is 1.37 bits per heavy atom. The van der Waals surface area contributed by atoms with Crippen molar-refractivity contribution >= 4 is 10.1 Å². The molecule has 0 bridgehead atoms. The zero-order valence-corrected chi connectivity index (χ0v) is 12.3. The fourth-order valence-corrected chi connectivity index (χ4v) is 2.58. The average molecular weight is 286 g/mol. The van der Waals surface area contributed by atoms with Crippen LogP contribution in [0.25, 0.3) is 0 Å². The molecular weight excluding hydrogens is 268 g/mol. The Morgan fingerprint density at radius 3 is 2.63 bits per heavy atom. The average Bonchev–Trinajstić information content (AvgIpc) is 2.50. The van der Waals surface area contributed by atoms with Gasteiger partial charge in [-0.1, -0.05) is 0 Å². The van der Waals surface area contributed by atoms with E-state index in [1.807, 2.05) is 20.8 Å². The lowest BCUT2D eigenvalue weighted by Gasteiger charge is -2.25. The Kier molecular flexibility index (Phi) is 3.49. The van der Waals surface area contributed by atoms with E-state index >= 15 is 0 Å². The van der Waals surface area contributed by atoms with Crippen molar-refractivity contribution in [2.45, 2.75) is 32.5 Å². The summed E-state index contributed by atoms with van der Waals surface area (Å²) in [5.74, 6) is 0.986. The van der Waals surface area contributed by atoms with E-state index in [0.29, 0.717) is 12.4 Å². The molecule has 1 atom stereocenters. The van der Waals surface area contributed by atoms with Crippen LogP contribution in [0.1, 0.15) is 26.3 Å². The summed E-state index contributed by atoms with van der Waals surface area (Å²) in [5, 5.41) is 0. The summed E-state index contributed by atoms with van der Waals surface area (Å²) in [6, 6.07) is 4.97. The summed E-state index contributed by atoms with van der Waals surface area (Å²) in [5.41, 5.74) is 0.523. The highest BCUT2D eigenvalue weighted by Gasteiger charge is 2.42. The molecule has 6 heteroatoms. The summed E-state index contributed by atoms with van der Waals surface area (Å²) < 4.78 is 38.5. The van der Waals surface area contributed by atoms with E-state index in [1.54, 1.807) is 18.2 Å². The molecule has 19 heavy (non-hydrogen) atoms. The van der Waals surface area contributed by atoms with Gasteiger partial charge in [-0.2, -0.15) is 8.42 Å². The van der Waals surface area contributed by atoms with E-state index in [4.69, 9.17) is 13.7 Å². The van der Waals surface area contributed by atoms with Crippen LogP contribution in [-0.2, 0) is 20.3 Å². The first-order valence-electron chi connectivity index (χ1n) is 6.06. The van der Waals surface area contributed by atoms with Crippen LogP contribution in [0.3, 0.4) is 0 Å². The second-order valence-electron chi connectivity index (χ2n) is 5.07.